The highest BCUT2D eigenvalue weighted by atomic mass is 16.2. The summed E-state index contributed by atoms with van der Waals surface area (Å²) in [6, 6.07) is 9.89. The molecule has 6 nitrogen and oxygen atoms in total. The fourth-order valence-electron chi connectivity index (χ4n) is 3.09. The van der Waals surface area contributed by atoms with Crippen molar-refractivity contribution in [1.29, 1.82) is 0 Å². The lowest BCUT2D eigenvalue weighted by Crippen LogP contribution is -2.48. The Balaban J connectivity index is 1.49. The molecule has 24 heavy (non-hydrogen) atoms. The van der Waals surface area contributed by atoms with Crippen LogP contribution in [0.4, 0.5) is 10.5 Å². The van der Waals surface area contributed by atoms with Gasteiger partial charge in [-0.3, -0.25) is 4.68 Å². The van der Waals surface area contributed by atoms with Crippen LogP contribution in [0.15, 0.2) is 42.7 Å². The molecule has 1 fully saturated rings. The molecule has 2 amide bonds. The van der Waals surface area contributed by atoms with Crippen LogP contribution in [0, 0.1) is 0 Å². The third-order valence-corrected chi connectivity index (χ3v) is 4.40. The van der Waals surface area contributed by atoms with Gasteiger partial charge in [0, 0.05) is 30.7 Å². The highest BCUT2D eigenvalue weighted by Crippen LogP contribution is 2.12. The normalized spacial score (nSPS) is 18.3. The Kier molecular flexibility index (Phi) is 5.48. The highest BCUT2D eigenvalue weighted by molar-refractivity contribution is 5.89. The van der Waals surface area contributed by atoms with Gasteiger partial charge in [0.1, 0.15) is 0 Å². The summed E-state index contributed by atoms with van der Waals surface area (Å²) in [5, 5.41) is 10.2. The van der Waals surface area contributed by atoms with E-state index in [0.717, 1.165) is 50.3 Å². The minimum Gasteiger partial charge on any atom is -0.334 e. The zero-order valence-corrected chi connectivity index (χ0v) is 14.1. The van der Waals surface area contributed by atoms with E-state index >= 15 is 0 Å². The van der Waals surface area contributed by atoms with Gasteiger partial charge in [-0.15, -0.1) is 0 Å². The molecule has 1 aliphatic rings. The average Bonchev–Trinajstić information content (AvgIpc) is 3.10. The Morgan fingerprint density at radius 2 is 2.17 bits per heavy atom. The van der Waals surface area contributed by atoms with Crippen molar-refractivity contribution in [2.75, 3.05) is 25.0 Å². The van der Waals surface area contributed by atoms with Crippen molar-refractivity contribution in [3.63, 3.8) is 0 Å². The molecule has 1 aromatic heterocycles. The van der Waals surface area contributed by atoms with E-state index in [0.29, 0.717) is 0 Å². The monoisotopic (exact) mass is 327 g/mol. The molecular formula is C18H25N5O. The van der Waals surface area contributed by atoms with Gasteiger partial charge in [-0.25, -0.2) is 4.79 Å². The van der Waals surface area contributed by atoms with Crippen LogP contribution >= 0.6 is 0 Å². The fourth-order valence-corrected chi connectivity index (χ4v) is 3.09. The average molecular weight is 327 g/mol. The summed E-state index contributed by atoms with van der Waals surface area (Å²) in [6.07, 6.45) is 5.89. The Bertz CT molecular complexity index is 638. The lowest BCUT2D eigenvalue weighted by molar-refractivity contribution is 0.196. The number of nitrogens with zero attached hydrogens (tertiary/aromatic N) is 3. The first-order valence-electron chi connectivity index (χ1n) is 8.59. The van der Waals surface area contributed by atoms with Crippen molar-refractivity contribution >= 4 is 11.7 Å². The van der Waals surface area contributed by atoms with Gasteiger partial charge in [-0.05, 0) is 49.7 Å². The Labute approximate surface area is 142 Å². The number of nitrogens with one attached hydrogen (secondary N) is 2. The second-order valence-electron chi connectivity index (χ2n) is 6.23. The number of aromatic nitrogens is 2. The van der Waals surface area contributed by atoms with Gasteiger partial charge in [-0.2, -0.15) is 5.10 Å². The number of hydrogen-bond acceptors (Lipinski definition) is 3. The summed E-state index contributed by atoms with van der Waals surface area (Å²) in [5.74, 6) is 0. The highest BCUT2D eigenvalue weighted by Gasteiger charge is 2.20. The maximum Gasteiger partial charge on any atom is 0.319 e. The summed E-state index contributed by atoms with van der Waals surface area (Å²) in [6.45, 7) is 6.00. The van der Waals surface area contributed by atoms with E-state index in [1.807, 2.05) is 41.2 Å². The predicted molar refractivity (Wildman–Crippen MR) is 95.1 cm³/mol. The number of likely N-dealkylation sites (N-methyl/N-ethyl adjacent to an activating group) is 1. The summed E-state index contributed by atoms with van der Waals surface area (Å²) < 4.78 is 1.87. The number of carbonyl (C=O) groups is 1. The second-order valence-corrected chi connectivity index (χ2v) is 6.23. The van der Waals surface area contributed by atoms with Gasteiger partial charge in [0.15, 0.2) is 0 Å². The van der Waals surface area contributed by atoms with Crippen LogP contribution in [0.1, 0.15) is 25.3 Å². The van der Waals surface area contributed by atoms with Crippen LogP contribution in [0.25, 0.3) is 0 Å². The van der Waals surface area contributed by atoms with Gasteiger partial charge in [0.25, 0.3) is 0 Å². The molecule has 2 N–H and O–H groups in total. The van der Waals surface area contributed by atoms with E-state index in [1.54, 1.807) is 6.20 Å². The minimum atomic E-state index is -0.127. The third kappa shape index (κ3) is 4.58. The second kappa shape index (κ2) is 7.97. The molecule has 3 rings (SSSR count). The summed E-state index contributed by atoms with van der Waals surface area (Å²) in [5.41, 5.74) is 1.95. The summed E-state index contributed by atoms with van der Waals surface area (Å²) in [4.78, 5) is 14.5. The Morgan fingerprint density at radius 3 is 2.88 bits per heavy atom. The number of anilines is 1. The van der Waals surface area contributed by atoms with Gasteiger partial charge in [0.2, 0.25) is 0 Å². The van der Waals surface area contributed by atoms with E-state index in [4.69, 9.17) is 0 Å². The molecule has 1 saturated heterocycles. The molecule has 0 saturated carbocycles. The fraction of sp³-hybridized carbons (Fsp3) is 0.444. The quantitative estimate of drug-likeness (QED) is 0.887. The van der Waals surface area contributed by atoms with Gasteiger partial charge < -0.3 is 15.5 Å². The first kappa shape index (κ1) is 16.5. The molecule has 1 aliphatic heterocycles. The molecule has 1 aromatic carbocycles. The maximum absolute atomic E-state index is 12.2. The van der Waals surface area contributed by atoms with Gasteiger partial charge >= 0.3 is 6.03 Å². The van der Waals surface area contributed by atoms with Crippen molar-refractivity contribution in [2.45, 2.75) is 32.4 Å². The van der Waals surface area contributed by atoms with Crippen LogP contribution in [0.2, 0.25) is 0 Å². The number of likely N-dealkylation sites (tertiary alicyclic amines) is 1. The lowest BCUT2D eigenvalue weighted by Gasteiger charge is -2.32. The van der Waals surface area contributed by atoms with E-state index in [-0.39, 0.29) is 12.1 Å². The zero-order valence-electron chi connectivity index (χ0n) is 14.1. The maximum atomic E-state index is 12.2. The lowest BCUT2D eigenvalue weighted by atomic mass is 10.1. The van der Waals surface area contributed by atoms with Gasteiger partial charge in [0.05, 0.1) is 6.54 Å². The molecular weight excluding hydrogens is 302 g/mol. The number of amides is 2. The Morgan fingerprint density at radius 1 is 1.33 bits per heavy atom. The van der Waals surface area contributed by atoms with Crippen molar-refractivity contribution in [2.24, 2.45) is 0 Å². The van der Waals surface area contributed by atoms with Crippen molar-refractivity contribution in [1.82, 2.24) is 20.0 Å². The van der Waals surface area contributed by atoms with Crippen LogP contribution < -0.4 is 10.6 Å². The van der Waals surface area contributed by atoms with Crippen LogP contribution in [0.5, 0.6) is 0 Å². The molecule has 1 atom stereocenters. The zero-order chi connectivity index (χ0) is 16.8. The Hall–Kier alpha value is -2.34. The molecule has 6 heteroatoms. The van der Waals surface area contributed by atoms with Crippen molar-refractivity contribution in [3.05, 3.63) is 48.3 Å². The standard InChI is InChI=1S/C18H25N5O/c1-2-22-11-3-5-17(14-22)21-18(24)20-16-8-6-15(7-9-16)13-23-12-4-10-19-23/h4,6-10,12,17H,2-3,5,11,13-14H2,1H3,(H2,20,21,24)/t17-/m1/s1. The van der Waals surface area contributed by atoms with Crippen molar-refractivity contribution < 1.29 is 4.79 Å². The number of carbonyl (C=O) groups excluding carboxylic acids is 1. The van der Waals surface area contributed by atoms with E-state index < -0.39 is 0 Å². The first-order valence-corrected chi connectivity index (χ1v) is 8.59. The summed E-state index contributed by atoms with van der Waals surface area (Å²) in [7, 11) is 0. The van der Waals surface area contributed by atoms with Crippen LogP contribution in [-0.4, -0.2) is 46.4 Å². The van der Waals surface area contributed by atoms with Crippen LogP contribution in [0.3, 0.4) is 0 Å². The van der Waals surface area contributed by atoms with Gasteiger partial charge in [-0.1, -0.05) is 19.1 Å². The molecule has 0 radical (unpaired) electrons. The molecule has 0 aliphatic carbocycles. The molecule has 0 unspecified atom stereocenters. The molecule has 128 valence electrons. The SMILES string of the molecule is CCN1CCC[C@@H](NC(=O)Nc2ccc(Cn3cccn3)cc2)C1. The smallest absolute Gasteiger partial charge is 0.319 e. The number of piperidine rings is 1. The minimum absolute atomic E-state index is 0.127. The number of hydrogen-bond donors (Lipinski definition) is 2. The van der Waals surface area contributed by atoms with E-state index in [9.17, 15) is 4.79 Å². The molecule has 2 aromatic rings. The number of rotatable bonds is 5. The topological polar surface area (TPSA) is 62.2 Å². The number of benzene rings is 1. The molecule has 2 heterocycles. The largest absolute Gasteiger partial charge is 0.334 e. The van der Waals surface area contributed by atoms with Crippen LogP contribution in [-0.2, 0) is 6.54 Å². The summed E-state index contributed by atoms with van der Waals surface area (Å²) >= 11 is 0. The van der Waals surface area contributed by atoms with Crippen molar-refractivity contribution in [3.8, 4) is 0 Å². The van der Waals surface area contributed by atoms with E-state index in [2.05, 4.69) is 27.6 Å². The molecule has 0 bridgehead atoms. The van der Waals surface area contributed by atoms with E-state index in [1.165, 1.54) is 0 Å². The third-order valence-electron chi connectivity index (χ3n) is 4.40. The molecule has 0 spiro atoms. The first-order chi connectivity index (χ1) is 11.7. The predicted octanol–water partition coefficient (Wildman–Crippen LogP) is 2.54. The number of urea groups is 1.